The Hall–Kier alpha value is -2.87. The normalized spacial score (nSPS) is 14.5. The molecule has 0 aliphatic heterocycles. The first-order valence-corrected chi connectivity index (χ1v) is 11.0. The highest BCUT2D eigenvalue weighted by Gasteiger charge is 2.22. The number of carbonyl (C=O) groups is 1. The molecule has 1 fully saturated rings. The van der Waals surface area contributed by atoms with Crippen molar-refractivity contribution in [3.63, 3.8) is 0 Å². The second kappa shape index (κ2) is 8.87. The van der Waals surface area contributed by atoms with Gasteiger partial charge in [0.2, 0.25) is 0 Å². The van der Waals surface area contributed by atoms with Crippen LogP contribution >= 0.6 is 11.3 Å². The monoisotopic (exact) mass is 426 g/mol. The SMILES string of the molecule is COc1ccc(-c2nc(C)c(C(=O)Nc3ccnn3C3CCCCC3)s2)cc1OC. The third-order valence-electron chi connectivity index (χ3n) is 5.47. The second-order valence-corrected chi connectivity index (χ2v) is 8.41. The molecule has 4 rings (SSSR count). The Morgan fingerprint density at radius 2 is 1.90 bits per heavy atom. The standard InChI is InChI=1S/C22H26N4O3S/c1-14-20(30-22(24-14)15-9-10-17(28-2)18(13-15)29-3)21(27)25-19-11-12-23-26(19)16-7-5-4-6-8-16/h9-13,16H,4-8H2,1-3H3,(H,25,27). The van der Waals surface area contributed by atoms with Gasteiger partial charge in [-0.3, -0.25) is 4.79 Å². The number of thiazole rings is 1. The number of carbonyl (C=O) groups excluding carboxylic acids is 1. The highest BCUT2D eigenvalue weighted by atomic mass is 32.1. The van der Waals surface area contributed by atoms with Crippen LogP contribution in [0.3, 0.4) is 0 Å². The van der Waals surface area contributed by atoms with E-state index in [4.69, 9.17) is 9.47 Å². The fourth-order valence-electron chi connectivity index (χ4n) is 3.90. The van der Waals surface area contributed by atoms with E-state index in [2.05, 4.69) is 15.4 Å². The molecule has 0 spiro atoms. The van der Waals surface area contributed by atoms with Gasteiger partial charge in [0.05, 0.1) is 32.2 Å². The Bertz CT molecular complexity index is 1040. The first-order chi connectivity index (χ1) is 14.6. The fraction of sp³-hybridized carbons (Fsp3) is 0.409. The Morgan fingerprint density at radius 1 is 1.13 bits per heavy atom. The molecule has 158 valence electrons. The predicted octanol–water partition coefficient (Wildman–Crippen LogP) is 5.09. The van der Waals surface area contributed by atoms with Crippen molar-refractivity contribution in [2.45, 2.75) is 45.1 Å². The van der Waals surface area contributed by atoms with E-state index in [1.807, 2.05) is 35.9 Å². The van der Waals surface area contributed by atoms with Gasteiger partial charge >= 0.3 is 0 Å². The average molecular weight is 427 g/mol. The van der Waals surface area contributed by atoms with E-state index in [9.17, 15) is 4.79 Å². The molecule has 1 aliphatic rings. The topological polar surface area (TPSA) is 78.3 Å². The molecule has 1 aliphatic carbocycles. The summed E-state index contributed by atoms with van der Waals surface area (Å²) < 4.78 is 12.6. The van der Waals surface area contributed by atoms with Crippen molar-refractivity contribution in [2.24, 2.45) is 0 Å². The third-order valence-corrected chi connectivity index (χ3v) is 6.67. The summed E-state index contributed by atoms with van der Waals surface area (Å²) in [6.45, 7) is 1.86. The molecule has 7 nitrogen and oxygen atoms in total. The molecule has 2 aromatic heterocycles. The van der Waals surface area contributed by atoms with E-state index >= 15 is 0 Å². The van der Waals surface area contributed by atoms with Crippen molar-refractivity contribution >= 4 is 23.1 Å². The fourth-order valence-corrected chi connectivity index (χ4v) is 4.86. The lowest BCUT2D eigenvalue weighted by Gasteiger charge is -2.23. The summed E-state index contributed by atoms with van der Waals surface area (Å²) in [5.41, 5.74) is 1.58. The number of aromatic nitrogens is 3. The van der Waals surface area contributed by atoms with Gasteiger partial charge in [-0.1, -0.05) is 19.3 Å². The van der Waals surface area contributed by atoms with E-state index < -0.39 is 0 Å². The highest BCUT2D eigenvalue weighted by molar-refractivity contribution is 7.17. The molecule has 30 heavy (non-hydrogen) atoms. The minimum Gasteiger partial charge on any atom is -0.493 e. The van der Waals surface area contributed by atoms with E-state index in [-0.39, 0.29) is 5.91 Å². The minimum absolute atomic E-state index is 0.158. The molecule has 0 radical (unpaired) electrons. The van der Waals surface area contributed by atoms with Crippen molar-refractivity contribution in [3.05, 3.63) is 41.0 Å². The zero-order valence-electron chi connectivity index (χ0n) is 17.5. The molecule has 1 saturated carbocycles. The highest BCUT2D eigenvalue weighted by Crippen LogP contribution is 2.35. The quantitative estimate of drug-likeness (QED) is 0.594. The van der Waals surface area contributed by atoms with Crippen molar-refractivity contribution in [1.82, 2.24) is 14.8 Å². The molecule has 1 amide bonds. The van der Waals surface area contributed by atoms with Gasteiger partial charge in [0.1, 0.15) is 15.7 Å². The van der Waals surface area contributed by atoms with E-state index in [1.165, 1.54) is 30.6 Å². The number of hydrogen-bond donors (Lipinski definition) is 1. The van der Waals surface area contributed by atoms with E-state index in [0.29, 0.717) is 28.1 Å². The van der Waals surface area contributed by atoms with Gasteiger partial charge in [-0.25, -0.2) is 9.67 Å². The first kappa shape index (κ1) is 20.4. The number of ether oxygens (including phenoxy) is 2. The maximum atomic E-state index is 13.0. The largest absolute Gasteiger partial charge is 0.493 e. The molecule has 0 unspecified atom stereocenters. The van der Waals surface area contributed by atoms with Gasteiger partial charge < -0.3 is 14.8 Å². The van der Waals surface area contributed by atoms with Gasteiger partial charge in [-0.15, -0.1) is 11.3 Å². The minimum atomic E-state index is -0.158. The summed E-state index contributed by atoms with van der Waals surface area (Å²) in [6.07, 6.45) is 7.65. The molecular weight excluding hydrogens is 400 g/mol. The van der Waals surface area contributed by atoms with Gasteiger partial charge in [-0.05, 0) is 38.0 Å². The molecule has 3 aromatic rings. The Balaban J connectivity index is 1.55. The van der Waals surface area contributed by atoms with Crippen LogP contribution in [0.5, 0.6) is 11.5 Å². The van der Waals surface area contributed by atoms with Gasteiger partial charge in [-0.2, -0.15) is 5.10 Å². The second-order valence-electron chi connectivity index (χ2n) is 7.41. The van der Waals surface area contributed by atoms with Gasteiger partial charge in [0.25, 0.3) is 5.91 Å². The van der Waals surface area contributed by atoms with Crippen LogP contribution in [0.1, 0.15) is 53.5 Å². The number of aryl methyl sites for hydroxylation is 1. The first-order valence-electron chi connectivity index (χ1n) is 10.2. The molecule has 0 atom stereocenters. The summed E-state index contributed by atoms with van der Waals surface area (Å²) in [5, 5.41) is 8.26. The smallest absolute Gasteiger partial charge is 0.268 e. The number of benzene rings is 1. The summed E-state index contributed by atoms with van der Waals surface area (Å²) in [5.74, 6) is 1.87. The zero-order valence-corrected chi connectivity index (χ0v) is 18.3. The van der Waals surface area contributed by atoms with Crippen LogP contribution in [0, 0.1) is 6.92 Å². The number of rotatable bonds is 6. The van der Waals surface area contributed by atoms with Crippen LogP contribution in [0.2, 0.25) is 0 Å². The number of nitrogens with zero attached hydrogens (tertiary/aromatic N) is 3. The Labute approximate surface area is 180 Å². The molecule has 1 aromatic carbocycles. The number of nitrogens with one attached hydrogen (secondary N) is 1. The third kappa shape index (κ3) is 4.05. The molecule has 8 heteroatoms. The summed E-state index contributed by atoms with van der Waals surface area (Å²) in [4.78, 5) is 18.2. The number of anilines is 1. The molecule has 0 saturated heterocycles. The van der Waals surface area contributed by atoms with Crippen molar-refractivity contribution in [3.8, 4) is 22.1 Å². The van der Waals surface area contributed by atoms with Gasteiger partial charge in [0, 0.05) is 11.6 Å². The van der Waals surface area contributed by atoms with Crippen LogP contribution in [0.15, 0.2) is 30.5 Å². The zero-order chi connectivity index (χ0) is 21.1. The lowest BCUT2D eigenvalue weighted by atomic mass is 9.96. The van der Waals surface area contributed by atoms with Crippen LogP contribution < -0.4 is 14.8 Å². The van der Waals surface area contributed by atoms with Crippen molar-refractivity contribution in [2.75, 3.05) is 19.5 Å². The van der Waals surface area contributed by atoms with Crippen LogP contribution in [0.4, 0.5) is 5.82 Å². The average Bonchev–Trinajstić information content (AvgIpc) is 3.40. The summed E-state index contributed by atoms with van der Waals surface area (Å²) >= 11 is 1.37. The molecular formula is C22H26N4O3S. The van der Waals surface area contributed by atoms with Crippen LogP contribution in [0.25, 0.3) is 10.6 Å². The van der Waals surface area contributed by atoms with Gasteiger partial charge in [0.15, 0.2) is 11.5 Å². The van der Waals surface area contributed by atoms with Crippen LogP contribution in [-0.2, 0) is 0 Å². The molecule has 0 bridgehead atoms. The lowest BCUT2D eigenvalue weighted by Crippen LogP contribution is -2.20. The maximum Gasteiger partial charge on any atom is 0.268 e. The Kier molecular flexibility index (Phi) is 6.03. The van der Waals surface area contributed by atoms with Crippen LogP contribution in [-0.4, -0.2) is 34.9 Å². The number of hydrogen-bond acceptors (Lipinski definition) is 6. The van der Waals surface area contributed by atoms with E-state index in [1.54, 1.807) is 20.4 Å². The van der Waals surface area contributed by atoms with Crippen molar-refractivity contribution < 1.29 is 14.3 Å². The van der Waals surface area contributed by atoms with Crippen molar-refractivity contribution in [1.29, 1.82) is 0 Å². The molecule has 1 N–H and O–H groups in total. The maximum absolute atomic E-state index is 13.0. The van der Waals surface area contributed by atoms with E-state index in [0.717, 1.165) is 29.2 Å². The number of amides is 1. The predicted molar refractivity (Wildman–Crippen MR) is 118 cm³/mol. The Morgan fingerprint density at radius 3 is 2.63 bits per heavy atom. The number of methoxy groups -OCH3 is 2. The lowest BCUT2D eigenvalue weighted by molar-refractivity contribution is 0.102. The molecule has 2 heterocycles. The summed E-state index contributed by atoms with van der Waals surface area (Å²) in [6, 6.07) is 7.84. The summed E-state index contributed by atoms with van der Waals surface area (Å²) in [7, 11) is 3.20.